The molecule has 2 rings (SSSR count). The molecule has 1 aromatic rings. The highest BCUT2D eigenvalue weighted by molar-refractivity contribution is 6.32. The Bertz CT molecular complexity index is 400. The monoisotopic (exact) mass is 280 g/mol. The van der Waals surface area contributed by atoms with Crippen LogP contribution in [0, 0.1) is 12.8 Å². The number of nitrogens with two attached hydrogens (primary N) is 1. The predicted molar refractivity (Wildman–Crippen MR) is 82.1 cm³/mol. The first-order valence-corrected chi connectivity index (χ1v) is 7.81. The van der Waals surface area contributed by atoms with Gasteiger partial charge in [-0.25, -0.2) is 0 Å². The largest absolute Gasteiger partial charge is 0.271 e. The van der Waals surface area contributed by atoms with Gasteiger partial charge in [-0.15, -0.1) is 0 Å². The van der Waals surface area contributed by atoms with E-state index in [0.29, 0.717) is 0 Å². The fourth-order valence-electron chi connectivity index (χ4n) is 3.15. The van der Waals surface area contributed by atoms with Crippen LogP contribution in [0.25, 0.3) is 0 Å². The second-order valence-electron chi connectivity index (χ2n) is 5.78. The first kappa shape index (κ1) is 14.8. The molecule has 1 unspecified atom stereocenters. The van der Waals surface area contributed by atoms with Gasteiger partial charge >= 0.3 is 0 Å². The lowest BCUT2D eigenvalue weighted by Crippen LogP contribution is -2.29. The zero-order valence-corrected chi connectivity index (χ0v) is 12.5. The Morgan fingerprint density at radius 2 is 2.05 bits per heavy atom. The maximum atomic E-state index is 6.39. The number of aryl methyl sites for hydroxylation is 1. The molecule has 0 radical (unpaired) electrons. The fraction of sp³-hybridized carbons (Fsp3) is 0.625. The number of halogens is 1. The topological polar surface area (TPSA) is 38.0 Å². The number of hydrogen-bond acceptors (Lipinski definition) is 2. The lowest BCUT2D eigenvalue weighted by Gasteiger charge is -2.25. The molecule has 1 aliphatic rings. The van der Waals surface area contributed by atoms with Gasteiger partial charge in [0.25, 0.3) is 0 Å². The SMILES string of the molecule is Cc1cccc(C(CCC2CCCCC2)NN)c1Cl. The van der Waals surface area contributed by atoms with Crippen LogP contribution in [-0.4, -0.2) is 0 Å². The zero-order valence-electron chi connectivity index (χ0n) is 11.8. The molecule has 1 aliphatic carbocycles. The molecule has 1 atom stereocenters. The van der Waals surface area contributed by atoms with E-state index in [-0.39, 0.29) is 6.04 Å². The Hall–Kier alpha value is -0.570. The lowest BCUT2D eigenvalue weighted by atomic mass is 9.84. The molecule has 2 nitrogen and oxygen atoms in total. The van der Waals surface area contributed by atoms with Gasteiger partial charge in [0.2, 0.25) is 0 Å². The van der Waals surface area contributed by atoms with E-state index >= 15 is 0 Å². The van der Waals surface area contributed by atoms with E-state index in [4.69, 9.17) is 17.4 Å². The first-order valence-electron chi connectivity index (χ1n) is 7.43. The molecule has 1 saturated carbocycles. The fourth-order valence-corrected chi connectivity index (χ4v) is 3.40. The summed E-state index contributed by atoms with van der Waals surface area (Å²) in [4.78, 5) is 0. The van der Waals surface area contributed by atoms with Crippen LogP contribution >= 0.6 is 11.6 Å². The molecule has 106 valence electrons. The minimum absolute atomic E-state index is 0.175. The Labute approximate surface area is 121 Å². The Morgan fingerprint density at radius 3 is 2.74 bits per heavy atom. The van der Waals surface area contributed by atoms with E-state index in [1.54, 1.807) is 0 Å². The number of rotatable bonds is 5. The maximum Gasteiger partial charge on any atom is 0.0483 e. The minimum Gasteiger partial charge on any atom is -0.271 e. The summed E-state index contributed by atoms with van der Waals surface area (Å²) in [5.74, 6) is 6.61. The van der Waals surface area contributed by atoms with Crippen molar-refractivity contribution in [3.63, 3.8) is 0 Å². The number of hydrazine groups is 1. The summed E-state index contributed by atoms with van der Waals surface area (Å²) in [6.07, 6.45) is 9.31. The van der Waals surface area contributed by atoms with E-state index in [0.717, 1.165) is 28.5 Å². The van der Waals surface area contributed by atoms with Gasteiger partial charge in [-0.3, -0.25) is 11.3 Å². The van der Waals surface area contributed by atoms with Gasteiger partial charge < -0.3 is 0 Å². The second kappa shape index (κ2) is 7.28. The van der Waals surface area contributed by atoms with Crippen molar-refractivity contribution in [1.82, 2.24) is 5.43 Å². The van der Waals surface area contributed by atoms with Crippen molar-refractivity contribution in [2.24, 2.45) is 11.8 Å². The van der Waals surface area contributed by atoms with Crippen molar-refractivity contribution in [1.29, 1.82) is 0 Å². The predicted octanol–water partition coefficient (Wildman–Crippen LogP) is 4.51. The van der Waals surface area contributed by atoms with E-state index in [1.807, 2.05) is 13.0 Å². The molecule has 0 heterocycles. The van der Waals surface area contributed by atoms with E-state index < -0.39 is 0 Å². The second-order valence-corrected chi connectivity index (χ2v) is 6.16. The Kier molecular flexibility index (Phi) is 5.68. The van der Waals surface area contributed by atoms with Gasteiger partial charge in [0.15, 0.2) is 0 Å². The van der Waals surface area contributed by atoms with E-state index in [1.165, 1.54) is 38.5 Å². The number of nitrogens with one attached hydrogen (secondary N) is 1. The third kappa shape index (κ3) is 3.95. The van der Waals surface area contributed by atoms with Crippen LogP contribution in [0.5, 0.6) is 0 Å². The van der Waals surface area contributed by atoms with Gasteiger partial charge in [0.05, 0.1) is 0 Å². The summed E-state index contributed by atoms with van der Waals surface area (Å²) < 4.78 is 0. The highest BCUT2D eigenvalue weighted by Crippen LogP contribution is 2.33. The molecular weight excluding hydrogens is 256 g/mol. The number of hydrogen-bond donors (Lipinski definition) is 2. The van der Waals surface area contributed by atoms with Crippen molar-refractivity contribution in [3.8, 4) is 0 Å². The van der Waals surface area contributed by atoms with E-state index in [2.05, 4.69) is 17.6 Å². The van der Waals surface area contributed by atoms with Crippen molar-refractivity contribution in [2.75, 3.05) is 0 Å². The maximum absolute atomic E-state index is 6.39. The number of benzene rings is 1. The highest BCUT2D eigenvalue weighted by Gasteiger charge is 2.18. The molecule has 0 spiro atoms. The van der Waals surface area contributed by atoms with Crippen LogP contribution in [0.3, 0.4) is 0 Å². The van der Waals surface area contributed by atoms with Crippen molar-refractivity contribution < 1.29 is 0 Å². The van der Waals surface area contributed by atoms with Crippen LogP contribution in [0.1, 0.15) is 62.1 Å². The molecule has 0 aromatic heterocycles. The van der Waals surface area contributed by atoms with E-state index in [9.17, 15) is 0 Å². The molecule has 1 aromatic carbocycles. The molecule has 0 saturated heterocycles. The zero-order chi connectivity index (χ0) is 13.7. The smallest absolute Gasteiger partial charge is 0.0483 e. The summed E-state index contributed by atoms with van der Waals surface area (Å²) in [6.45, 7) is 2.04. The Morgan fingerprint density at radius 1 is 1.32 bits per heavy atom. The van der Waals surface area contributed by atoms with Gasteiger partial charge in [-0.1, -0.05) is 61.9 Å². The van der Waals surface area contributed by atoms with Crippen molar-refractivity contribution in [2.45, 2.75) is 57.9 Å². The normalized spacial score (nSPS) is 18.5. The average Bonchev–Trinajstić information content (AvgIpc) is 2.45. The minimum atomic E-state index is 0.175. The molecular formula is C16H25ClN2. The van der Waals surface area contributed by atoms with Crippen molar-refractivity contribution in [3.05, 3.63) is 34.3 Å². The van der Waals surface area contributed by atoms with Gasteiger partial charge in [-0.05, 0) is 36.8 Å². The average molecular weight is 281 g/mol. The van der Waals surface area contributed by atoms with Crippen LogP contribution in [-0.2, 0) is 0 Å². The van der Waals surface area contributed by atoms with Crippen LogP contribution in [0.2, 0.25) is 5.02 Å². The summed E-state index contributed by atoms with van der Waals surface area (Å²) in [5, 5.41) is 0.856. The molecule has 0 aliphatic heterocycles. The summed E-state index contributed by atoms with van der Waals surface area (Å²) in [6, 6.07) is 6.36. The van der Waals surface area contributed by atoms with Crippen LogP contribution in [0.4, 0.5) is 0 Å². The molecule has 3 heteroatoms. The quantitative estimate of drug-likeness (QED) is 0.615. The molecule has 3 N–H and O–H groups in total. The first-order chi connectivity index (χ1) is 9.22. The molecule has 0 amide bonds. The third-order valence-corrected chi connectivity index (χ3v) is 4.90. The summed E-state index contributed by atoms with van der Waals surface area (Å²) >= 11 is 6.39. The van der Waals surface area contributed by atoms with Crippen LogP contribution in [0.15, 0.2) is 18.2 Å². The summed E-state index contributed by atoms with van der Waals surface area (Å²) in [5.41, 5.74) is 5.20. The van der Waals surface area contributed by atoms with Gasteiger partial charge in [0.1, 0.15) is 0 Å². The molecule has 0 bridgehead atoms. The molecule has 19 heavy (non-hydrogen) atoms. The third-order valence-electron chi connectivity index (χ3n) is 4.39. The highest BCUT2D eigenvalue weighted by atomic mass is 35.5. The standard InChI is InChI=1S/C16H25ClN2/c1-12-6-5-9-14(16(12)17)15(19-18)11-10-13-7-3-2-4-8-13/h5-6,9,13,15,19H,2-4,7-8,10-11,18H2,1H3. The van der Waals surface area contributed by atoms with Gasteiger partial charge in [0, 0.05) is 11.1 Å². The lowest BCUT2D eigenvalue weighted by molar-refractivity contribution is 0.315. The van der Waals surface area contributed by atoms with Gasteiger partial charge in [-0.2, -0.15) is 0 Å². The Balaban J connectivity index is 1.97. The molecule has 1 fully saturated rings. The summed E-state index contributed by atoms with van der Waals surface area (Å²) in [7, 11) is 0. The van der Waals surface area contributed by atoms with Crippen LogP contribution < -0.4 is 11.3 Å². The van der Waals surface area contributed by atoms with Crippen molar-refractivity contribution >= 4 is 11.6 Å².